The van der Waals surface area contributed by atoms with Crippen molar-refractivity contribution in [2.75, 3.05) is 20.3 Å². The molecule has 1 aromatic carbocycles. The second-order valence-electron chi connectivity index (χ2n) is 3.81. The van der Waals surface area contributed by atoms with Crippen molar-refractivity contribution in [2.45, 2.75) is 15.6 Å². The van der Waals surface area contributed by atoms with E-state index in [-0.39, 0.29) is 0 Å². The monoisotopic (exact) mass is 279 g/mol. The summed E-state index contributed by atoms with van der Waals surface area (Å²) in [6.07, 6.45) is 0. The maximum Gasteiger partial charge on any atom is 0.0646 e. The second-order valence-corrected chi connectivity index (χ2v) is 6.10. The maximum atomic E-state index is 5.03. The number of benzene rings is 1. The molecule has 1 aromatic heterocycles. The van der Waals surface area contributed by atoms with E-state index in [9.17, 15) is 0 Å². The minimum absolute atomic E-state index is 0.750. The molecule has 0 aliphatic carbocycles. The Bertz CT molecular complexity index is 457. The van der Waals surface area contributed by atoms with E-state index < -0.39 is 0 Å². The van der Waals surface area contributed by atoms with E-state index in [2.05, 4.69) is 47.1 Å². The molecule has 2 rings (SSSR count). The average molecular weight is 279 g/mol. The Kier molecular flexibility index (Phi) is 5.74. The molecule has 4 heteroatoms. The van der Waals surface area contributed by atoms with Gasteiger partial charge in [0.15, 0.2) is 0 Å². The third kappa shape index (κ3) is 4.14. The molecule has 2 nitrogen and oxygen atoms in total. The number of ether oxygens (including phenoxy) is 1. The molecule has 0 aliphatic heterocycles. The molecule has 0 atom stereocenters. The van der Waals surface area contributed by atoms with E-state index in [1.165, 1.54) is 14.7 Å². The van der Waals surface area contributed by atoms with Gasteiger partial charge in [0.05, 0.1) is 10.8 Å². The van der Waals surface area contributed by atoms with Gasteiger partial charge in [-0.2, -0.15) is 0 Å². The van der Waals surface area contributed by atoms with Gasteiger partial charge < -0.3 is 10.1 Å². The Morgan fingerprint density at radius 2 is 2.11 bits per heavy atom. The van der Waals surface area contributed by atoms with Crippen LogP contribution in [-0.2, 0) is 11.3 Å². The lowest BCUT2D eigenvalue weighted by Gasteiger charge is -2.09. The van der Waals surface area contributed by atoms with Crippen molar-refractivity contribution in [3.63, 3.8) is 0 Å². The van der Waals surface area contributed by atoms with Gasteiger partial charge >= 0.3 is 0 Å². The van der Waals surface area contributed by atoms with Crippen molar-refractivity contribution in [3.8, 4) is 0 Å². The van der Waals surface area contributed by atoms with Crippen molar-refractivity contribution in [1.82, 2.24) is 5.32 Å². The normalized spacial score (nSPS) is 10.7. The van der Waals surface area contributed by atoms with Crippen molar-refractivity contribution in [1.29, 1.82) is 0 Å². The minimum Gasteiger partial charge on any atom is -0.383 e. The number of nitrogens with one attached hydrogen (secondary N) is 1. The van der Waals surface area contributed by atoms with Crippen molar-refractivity contribution in [2.24, 2.45) is 0 Å². The molecule has 1 heterocycles. The molecule has 0 amide bonds. The number of hydrogen-bond acceptors (Lipinski definition) is 4. The van der Waals surface area contributed by atoms with Gasteiger partial charge in [-0.25, -0.2) is 0 Å². The summed E-state index contributed by atoms with van der Waals surface area (Å²) in [6.45, 7) is 2.52. The minimum atomic E-state index is 0.750. The van der Waals surface area contributed by atoms with E-state index >= 15 is 0 Å². The molecule has 0 fully saturated rings. The summed E-state index contributed by atoms with van der Waals surface area (Å²) < 4.78 is 6.36. The van der Waals surface area contributed by atoms with Gasteiger partial charge in [0.1, 0.15) is 0 Å². The summed E-state index contributed by atoms with van der Waals surface area (Å²) in [5.41, 5.74) is 1.34. The number of thiophene rings is 1. The van der Waals surface area contributed by atoms with Crippen LogP contribution >= 0.6 is 23.1 Å². The third-order valence-electron chi connectivity index (χ3n) is 2.48. The Hall–Kier alpha value is -0.810. The molecule has 0 saturated carbocycles. The molecule has 1 N–H and O–H groups in total. The van der Waals surface area contributed by atoms with Crippen molar-refractivity contribution in [3.05, 3.63) is 47.3 Å². The first-order chi connectivity index (χ1) is 8.90. The molecule has 18 heavy (non-hydrogen) atoms. The van der Waals surface area contributed by atoms with E-state index in [1.54, 1.807) is 18.4 Å². The van der Waals surface area contributed by atoms with Crippen LogP contribution in [0.25, 0.3) is 0 Å². The molecule has 0 saturated heterocycles. The molecule has 2 aromatic rings. The molecule has 96 valence electrons. The highest BCUT2D eigenvalue weighted by molar-refractivity contribution is 8.01. The molecule has 0 unspecified atom stereocenters. The second kappa shape index (κ2) is 7.59. The Morgan fingerprint density at radius 3 is 2.89 bits per heavy atom. The molecular weight excluding hydrogens is 262 g/mol. The van der Waals surface area contributed by atoms with E-state index in [4.69, 9.17) is 4.74 Å². The zero-order valence-corrected chi connectivity index (χ0v) is 12.0. The summed E-state index contributed by atoms with van der Waals surface area (Å²) in [5.74, 6) is 0. The first-order valence-electron chi connectivity index (χ1n) is 5.89. The number of rotatable bonds is 7. The fourth-order valence-electron chi connectivity index (χ4n) is 1.58. The highest BCUT2D eigenvalue weighted by atomic mass is 32.2. The van der Waals surface area contributed by atoms with Gasteiger partial charge in [-0.3, -0.25) is 0 Å². The SMILES string of the molecule is COCCNCc1ccccc1Sc1cccs1. The quantitative estimate of drug-likeness (QED) is 0.782. The summed E-state index contributed by atoms with van der Waals surface area (Å²) >= 11 is 3.61. The molecule has 0 bridgehead atoms. The smallest absolute Gasteiger partial charge is 0.0646 e. The van der Waals surface area contributed by atoms with Crippen LogP contribution in [0.4, 0.5) is 0 Å². The van der Waals surface area contributed by atoms with Crippen LogP contribution in [0.5, 0.6) is 0 Å². The summed E-state index contributed by atoms with van der Waals surface area (Å²) in [4.78, 5) is 1.32. The maximum absolute atomic E-state index is 5.03. The predicted molar refractivity (Wildman–Crippen MR) is 78.5 cm³/mol. The third-order valence-corrected chi connectivity index (χ3v) is 4.63. The van der Waals surface area contributed by atoms with Crippen LogP contribution in [0.1, 0.15) is 5.56 Å². The zero-order valence-electron chi connectivity index (χ0n) is 10.4. The highest BCUT2D eigenvalue weighted by Crippen LogP contribution is 2.33. The van der Waals surface area contributed by atoms with Gasteiger partial charge in [0.25, 0.3) is 0 Å². The number of hydrogen-bond donors (Lipinski definition) is 1. The Balaban J connectivity index is 1.97. The van der Waals surface area contributed by atoms with E-state index in [0.717, 1.165) is 19.7 Å². The van der Waals surface area contributed by atoms with E-state index in [0.29, 0.717) is 0 Å². The van der Waals surface area contributed by atoms with Crippen molar-refractivity contribution < 1.29 is 4.74 Å². The lowest BCUT2D eigenvalue weighted by Crippen LogP contribution is -2.18. The van der Waals surface area contributed by atoms with Gasteiger partial charge in [-0.1, -0.05) is 36.0 Å². The van der Waals surface area contributed by atoms with Gasteiger partial charge in [-0.15, -0.1) is 11.3 Å². The van der Waals surface area contributed by atoms with Crippen LogP contribution in [0.2, 0.25) is 0 Å². The fourth-order valence-corrected chi connectivity index (χ4v) is 3.43. The average Bonchev–Trinajstić information content (AvgIpc) is 2.89. The van der Waals surface area contributed by atoms with Gasteiger partial charge in [0.2, 0.25) is 0 Å². The Morgan fingerprint density at radius 1 is 1.22 bits per heavy atom. The van der Waals surface area contributed by atoms with Crippen molar-refractivity contribution >= 4 is 23.1 Å². The van der Waals surface area contributed by atoms with Gasteiger partial charge in [0, 0.05) is 25.1 Å². The van der Waals surface area contributed by atoms with Crippen LogP contribution in [0.15, 0.2) is 50.9 Å². The highest BCUT2D eigenvalue weighted by Gasteiger charge is 2.04. The first-order valence-corrected chi connectivity index (χ1v) is 7.58. The van der Waals surface area contributed by atoms with Crippen LogP contribution in [0.3, 0.4) is 0 Å². The largest absolute Gasteiger partial charge is 0.383 e. The number of methoxy groups -OCH3 is 1. The Labute approximate surface area is 116 Å². The zero-order chi connectivity index (χ0) is 12.6. The topological polar surface area (TPSA) is 21.3 Å². The van der Waals surface area contributed by atoms with Crippen LogP contribution < -0.4 is 5.32 Å². The molecule has 0 radical (unpaired) electrons. The summed E-state index contributed by atoms with van der Waals surface area (Å²) in [6, 6.07) is 12.8. The first kappa shape index (κ1) is 13.6. The van der Waals surface area contributed by atoms with Gasteiger partial charge in [-0.05, 0) is 23.1 Å². The fraction of sp³-hybridized carbons (Fsp3) is 0.286. The molecule has 0 aliphatic rings. The summed E-state index contributed by atoms with van der Waals surface area (Å²) in [5, 5.41) is 5.50. The molecule has 0 spiro atoms. The van der Waals surface area contributed by atoms with Crippen LogP contribution in [-0.4, -0.2) is 20.3 Å². The van der Waals surface area contributed by atoms with Crippen LogP contribution in [0, 0.1) is 0 Å². The lowest BCUT2D eigenvalue weighted by molar-refractivity contribution is 0.199. The predicted octanol–water partition coefficient (Wildman–Crippen LogP) is 3.64. The molecular formula is C14H17NOS2. The lowest BCUT2D eigenvalue weighted by atomic mass is 10.2. The van der Waals surface area contributed by atoms with E-state index in [1.807, 2.05) is 11.8 Å². The standard InChI is InChI=1S/C14H17NOS2/c1-16-9-8-15-11-12-5-2-3-6-13(12)18-14-7-4-10-17-14/h2-7,10,15H,8-9,11H2,1H3. The summed E-state index contributed by atoms with van der Waals surface area (Å²) in [7, 11) is 1.72.